The number of rotatable bonds is 6. The lowest BCUT2D eigenvalue weighted by atomic mass is 9.96. The summed E-state index contributed by atoms with van der Waals surface area (Å²) in [5, 5.41) is 11.8. The topological polar surface area (TPSA) is 69.6 Å². The average Bonchev–Trinajstić information content (AvgIpc) is 2.98. The molecule has 3 atom stereocenters. The van der Waals surface area contributed by atoms with E-state index in [0.29, 0.717) is 5.56 Å². The maximum absolute atomic E-state index is 13.1. The minimum Gasteiger partial charge on any atom is -0.481 e. The van der Waals surface area contributed by atoms with E-state index in [1.807, 2.05) is 13.8 Å². The van der Waals surface area contributed by atoms with Crippen LogP contribution in [0.1, 0.15) is 25.5 Å². The highest BCUT2D eigenvalue weighted by atomic mass is 19.4. The second-order valence-electron chi connectivity index (χ2n) is 7.13. The van der Waals surface area contributed by atoms with Gasteiger partial charge in [0.15, 0.2) is 0 Å². The number of carboxylic acids is 1. The highest BCUT2D eigenvalue weighted by Crippen LogP contribution is 2.37. The quantitative estimate of drug-likeness (QED) is 0.733. The first-order valence-corrected chi connectivity index (χ1v) is 8.55. The number of halogens is 4. The number of likely N-dealkylation sites (tertiary alicyclic amines) is 1. The third-order valence-electron chi connectivity index (χ3n) is 4.71. The van der Waals surface area contributed by atoms with Crippen LogP contribution in [0.4, 0.5) is 17.6 Å². The molecule has 27 heavy (non-hydrogen) atoms. The number of hydrogen-bond acceptors (Lipinski definition) is 3. The van der Waals surface area contributed by atoms with Gasteiger partial charge in [-0.05, 0) is 23.6 Å². The van der Waals surface area contributed by atoms with Crippen LogP contribution in [0, 0.1) is 23.6 Å². The van der Waals surface area contributed by atoms with Gasteiger partial charge in [0.25, 0.3) is 0 Å². The fourth-order valence-electron chi connectivity index (χ4n) is 3.32. The summed E-state index contributed by atoms with van der Waals surface area (Å²) in [6.07, 6.45) is -4.64. The highest BCUT2D eigenvalue weighted by Gasteiger charge is 2.52. The maximum Gasteiger partial charge on any atom is 0.393 e. The van der Waals surface area contributed by atoms with Crippen molar-refractivity contribution in [1.29, 1.82) is 0 Å². The first kappa shape index (κ1) is 21.1. The lowest BCUT2D eigenvalue weighted by Crippen LogP contribution is -2.40. The molecule has 1 aromatic rings. The normalized spacial score (nSPS) is 22.0. The van der Waals surface area contributed by atoms with Crippen molar-refractivity contribution >= 4 is 11.9 Å². The number of amides is 1. The van der Waals surface area contributed by atoms with Crippen LogP contribution >= 0.6 is 0 Å². The summed E-state index contributed by atoms with van der Waals surface area (Å²) in [5.41, 5.74) is 0.678. The van der Waals surface area contributed by atoms with Gasteiger partial charge < -0.3 is 10.4 Å². The Hall–Kier alpha value is -2.16. The standard InChI is InChI=1S/C18H22F4N2O3/c1-10(2)16(11-3-5-12(19)6-4-11)23-15(25)9-24-7-13(17(26)27)14(8-24)18(20,21)22/h3-6,10,13-14,16H,7-9H2,1-2H3,(H,23,25)(H,26,27)/t13-,14-,16?/m1/s1. The Bertz CT molecular complexity index is 676. The number of carbonyl (C=O) groups is 2. The molecule has 1 saturated heterocycles. The third-order valence-corrected chi connectivity index (χ3v) is 4.71. The number of hydrogen-bond donors (Lipinski definition) is 2. The molecule has 1 fully saturated rings. The summed E-state index contributed by atoms with van der Waals surface area (Å²) in [4.78, 5) is 24.6. The number of nitrogens with one attached hydrogen (secondary N) is 1. The van der Waals surface area contributed by atoms with Gasteiger partial charge in [0, 0.05) is 13.1 Å². The number of carbonyl (C=O) groups excluding carboxylic acids is 1. The molecule has 9 heteroatoms. The van der Waals surface area contributed by atoms with E-state index >= 15 is 0 Å². The van der Waals surface area contributed by atoms with Gasteiger partial charge in [0.1, 0.15) is 5.82 Å². The van der Waals surface area contributed by atoms with Gasteiger partial charge in [-0.15, -0.1) is 0 Å². The van der Waals surface area contributed by atoms with Crippen molar-refractivity contribution in [3.8, 4) is 0 Å². The Labute approximate surface area is 154 Å². The summed E-state index contributed by atoms with van der Waals surface area (Å²) in [7, 11) is 0. The zero-order valence-electron chi connectivity index (χ0n) is 15.0. The molecule has 2 rings (SSSR count). The van der Waals surface area contributed by atoms with Crippen molar-refractivity contribution in [2.75, 3.05) is 19.6 Å². The van der Waals surface area contributed by atoms with Gasteiger partial charge in [-0.1, -0.05) is 26.0 Å². The Morgan fingerprint density at radius 3 is 2.26 bits per heavy atom. The van der Waals surface area contributed by atoms with E-state index in [0.717, 1.165) is 0 Å². The van der Waals surface area contributed by atoms with Gasteiger partial charge in [0.2, 0.25) is 5.91 Å². The van der Waals surface area contributed by atoms with Crippen molar-refractivity contribution < 1.29 is 32.3 Å². The van der Waals surface area contributed by atoms with Crippen LogP contribution in [-0.2, 0) is 9.59 Å². The average molecular weight is 390 g/mol. The van der Waals surface area contributed by atoms with Gasteiger partial charge in [-0.25, -0.2) is 4.39 Å². The minimum atomic E-state index is -4.64. The van der Waals surface area contributed by atoms with Crippen molar-refractivity contribution in [3.63, 3.8) is 0 Å². The van der Waals surface area contributed by atoms with E-state index in [-0.39, 0.29) is 19.0 Å². The van der Waals surface area contributed by atoms with Crippen molar-refractivity contribution in [2.24, 2.45) is 17.8 Å². The van der Waals surface area contributed by atoms with Crippen LogP contribution in [0.25, 0.3) is 0 Å². The molecule has 0 saturated carbocycles. The molecule has 1 aliphatic rings. The van der Waals surface area contributed by atoms with Crippen LogP contribution in [0.2, 0.25) is 0 Å². The Morgan fingerprint density at radius 2 is 1.81 bits per heavy atom. The predicted octanol–water partition coefficient (Wildman–Crippen LogP) is 2.83. The van der Waals surface area contributed by atoms with Crippen LogP contribution in [0.5, 0.6) is 0 Å². The van der Waals surface area contributed by atoms with E-state index in [9.17, 15) is 27.2 Å². The molecule has 2 N–H and O–H groups in total. The molecule has 1 amide bonds. The van der Waals surface area contributed by atoms with Crippen LogP contribution < -0.4 is 5.32 Å². The summed E-state index contributed by atoms with van der Waals surface area (Å²) in [5.74, 6) is -6.07. The molecule has 0 spiro atoms. The highest BCUT2D eigenvalue weighted by molar-refractivity contribution is 5.79. The molecule has 0 radical (unpaired) electrons. The molecule has 0 aliphatic carbocycles. The van der Waals surface area contributed by atoms with E-state index < -0.39 is 48.3 Å². The Kier molecular flexibility index (Phi) is 6.46. The molecular weight excluding hydrogens is 368 g/mol. The number of alkyl halides is 3. The lowest BCUT2D eigenvalue weighted by molar-refractivity contribution is -0.188. The number of benzene rings is 1. The molecular formula is C18H22F4N2O3. The summed E-state index contributed by atoms with van der Waals surface area (Å²) in [6, 6.07) is 5.17. The maximum atomic E-state index is 13.1. The molecule has 0 aromatic heterocycles. The fourth-order valence-corrected chi connectivity index (χ4v) is 3.32. The minimum absolute atomic E-state index is 0.0346. The monoisotopic (exact) mass is 390 g/mol. The first-order valence-electron chi connectivity index (χ1n) is 8.55. The van der Waals surface area contributed by atoms with E-state index in [1.54, 1.807) is 0 Å². The van der Waals surface area contributed by atoms with Gasteiger partial charge >= 0.3 is 12.1 Å². The smallest absolute Gasteiger partial charge is 0.393 e. The van der Waals surface area contributed by atoms with Crippen LogP contribution in [-0.4, -0.2) is 47.7 Å². The largest absolute Gasteiger partial charge is 0.481 e. The molecule has 150 valence electrons. The van der Waals surface area contributed by atoms with Gasteiger partial charge in [0.05, 0.1) is 24.4 Å². The zero-order valence-corrected chi connectivity index (χ0v) is 15.0. The fraction of sp³-hybridized carbons (Fsp3) is 0.556. The lowest BCUT2D eigenvalue weighted by Gasteiger charge is -2.24. The number of carboxylic acid groups (broad SMARTS) is 1. The molecule has 5 nitrogen and oxygen atoms in total. The van der Waals surface area contributed by atoms with Crippen molar-refractivity contribution in [2.45, 2.75) is 26.1 Å². The van der Waals surface area contributed by atoms with Gasteiger partial charge in [-0.2, -0.15) is 13.2 Å². The first-order chi connectivity index (χ1) is 12.5. The van der Waals surface area contributed by atoms with E-state index in [2.05, 4.69) is 5.32 Å². The molecule has 0 bridgehead atoms. The molecule has 1 unspecified atom stereocenters. The van der Waals surface area contributed by atoms with Crippen LogP contribution in [0.15, 0.2) is 24.3 Å². The Morgan fingerprint density at radius 1 is 1.22 bits per heavy atom. The Balaban J connectivity index is 2.03. The molecule has 1 heterocycles. The third kappa shape index (κ3) is 5.41. The number of aliphatic carboxylic acids is 1. The zero-order chi connectivity index (χ0) is 20.4. The summed E-state index contributed by atoms with van der Waals surface area (Å²) < 4.78 is 52.2. The second-order valence-corrected chi connectivity index (χ2v) is 7.13. The van der Waals surface area contributed by atoms with E-state index in [4.69, 9.17) is 5.11 Å². The SMILES string of the molecule is CC(C)C(NC(=O)CN1C[C@@H](C(F)(F)F)[C@H](C(=O)O)C1)c1ccc(F)cc1. The van der Waals surface area contributed by atoms with Crippen LogP contribution in [0.3, 0.4) is 0 Å². The predicted molar refractivity (Wildman–Crippen MR) is 89.2 cm³/mol. The van der Waals surface area contributed by atoms with Crippen molar-refractivity contribution in [1.82, 2.24) is 10.2 Å². The summed E-state index contributed by atoms with van der Waals surface area (Å²) >= 11 is 0. The van der Waals surface area contributed by atoms with E-state index in [1.165, 1.54) is 29.2 Å². The molecule has 1 aromatic carbocycles. The number of nitrogens with zero attached hydrogens (tertiary/aromatic N) is 1. The van der Waals surface area contributed by atoms with Gasteiger partial charge in [-0.3, -0.25) is 14.5 Å². The summed E-state index contributed by atoms with van der Waals surface area (Å²) in [6.45, 7) is 2.50. The second kappa shape index (κ2) is 8.24. The van der Waals surface area contributed by atoms with Crippen molar-refractivity contribution in [3.05, 3.63) is 35.6 Å². The molecule has 1 aliphatic heterocycles.